The fourth-order valence-corrected chi connectivity index (χ4v) is 7.28. The van der Waals surface area contributed by atoms with Gasteiger partial charge in [-0.05, 0) is 53.7 Å². The second-order valence-corrected chi connectivity index (χ2v) is 12.0. The van der Waals surface area contributed by atoms with Crippen molar-refractivity contribution in [3.8, 4) is 0 Å². The molecule has 2 bridgehead atoms. The van der Waals surface area contributed by atoms with E-state index in [0.29, 0.717) is 17.3 Å². The summed E-state index contributed by atoms with van der Waals surface area (Å²) in [7, 11) is -0.489. The third-order valence-electron chi connectivity index (χ3n) is 9.26. The van der Waals surface area contributed by atoms with E-state index in [1.54, 1.807) is 0 Å². The summed E-state index contributed by atoms with van der Waals surface area (Å²) in [5, 5.41) is -0.441. The van der Waals surface area contributed by atoms with Crippen LogP contribution < -0.4 is 0 Å². The maximum atomic E-state index is 7.04. The first kappa shape index (κ1) is 24.2. The van der Waals surface area contributed by atoms with Crippen LogP contribution in [0.3, 0.4) is 0 Å². The maximum Gasteiger partial charge on any atom is 0.479 e. The summed E-state index contributed by atoms with van der Waals surface area (Å²) in [6.07, 6.45) is 2.37. The Hall–Kier alpha value is -2.11. The summed E-state index contributed by atoms with van der Waals surface area (Å²) in [6, 6.07) is 31.2. The molecule has 0 spiro atoms. The van der Waals surface area contributed by atoms with E-state index >= 15 is 0 Å². The smallest absolute Gasteiger partial charge is 0.404 e. The molecule has 5 heteroatoms. The minimum Gasteiger partial charge on any atom is -0.404 e. The number of halogens is 1. The molecule has 3 nitrogen and oxygen atoms in total. The van der Waals surface area contributed by atoms with Gasteiger partial charge in [0.25, 0.3) is 0 Å². The Labute approximate surface area is 220 Å². The quantitative estimate of drug-likeness (QED) is 0.201. The molecule has 1 aliphatic heterocycles. The van der Waals surface area contributed by atoms with Gasteiger partial charge in [0.15, 0.2) is 0 Å². The zero-order valence-corrected chi connectivity index (χ0v) is 22.0. The molecule has 3 aromatic rings. The molecular formula is C31H34BClO3. The third-order valence-corrected chi connectivity index (χ3v) is 9.60. The monoisotopic (exact) mass is 500 g/mol. The zero-order valence-electron chi connectivity index (χ0n) is 21.3. The standard InChI is InChI=1S/C31H34BClO3/c1-29(2)25-19-26(29)30(3)27(20-25)35-32(36-30)28(33)21-34-31(22-13-7-4-8-14-22,23-15-9-5-10-16-23)24-17-11-6-12-18-24/h4-18,25-28H,19-21H2,1-3H3/t25-,26-,27+,28+,30-/m0/s1. The predicted molar refractivity (Wildman–Crippen MR) is 145 cm³/mol. The first-order valence-electron chi connectivity index (χ1n) is 13.1. The van der Waals surface area contributed by atoms with Gasteiger partial charge in [-0.3, -0.25) is 0 Å². The van der Waals surface area contributed by atoms with Crippen molar-refractivity contribution in [1.82, 2.24) is 0 Å². The van der Waals surface area contributed by atoms with Crippen molar-refractivity contribution < 1.29 is 14.0 Å². The van der Waals surface area contributed by atoms with Crippen molar-refractivity contribution in [2.24, 2.45) is 17.3 Å². The van der Waals surface area contributed by atoms with Gasteiger partial charge in [0.05, 0.1) is 23.6 Å². The summed E-state index contributed by atoms with van der Waals surface area (Å²) in [5.41, 5.74) is 2.37. The molecule has 4 fully saturated rings. The molecule has 3 aliphatic carbocycles. The molecule has 3 aromatic carbocycles. The molecule has 186 valence electrons. The van der Waals surface area contributed by atoms with Crippen LogP contribution in [0.1, 0.15) is 50.3 Å². The Morgan fingerprint density at radius 3 is 1.83 bits per heavy atom. The topological polar surface area (TPSA) is 27.7 Å². The van der Waals surface area contributed by atoms with Crippen molar-refractivity contribution in [2.45, 2.75) is 56.2 Å². The number of alkyl halides is 1. The lowest BCUT2D eigenvalue weighted by molar-refractivity contribution is -0.199. The minimum atomic E-state index is -0.810. The van der Waals surface area contributed by atoms with E-state index in [0.717, 1.165) is 23.1 Å². The van der Waals surface area contributed by atoms with Crippen molar-refractivity contribution in [1.29, 1.82) is 0 Å². The molecule has 4 aliphatic rings. The van der Waals surface area contributed by atoms with Crippen LogP contribution in [0.25, 0.3) is 0 Å². The molecule has 1 heterocycles. The van der Waals surface area contributed by atoms with Gasteiger partial charge < -0.3 is 14.0 Å². The highest BCUT2D eigenvalue weighted by atomic mass is 35.5. The van der Waals surface area contributed by atoms with E-state index < -0.39 is 18.0 Å². The van der Waals surface area contributed by atoms with Crippen molar-refractivity contribution in [3.05, 3.63) is 108 Å². The highest BCUT2D eigenvalue weighted by Gasteiger charge is 2.68. The predicted octanol–water partition coefficient (Wildman–Crippen LogP) is 6.87. The van der Waals surface area contributed by atoms with Crippen LogP contribution in [-0.4, -0.2) is 30.7 Å². The van der Waals surface area contributed by atoms with Crippen molar-refractivity contribution >= 4 is 18.7 Å². The van der Waals surface area contributed by atoms with Gasteiger partial charge in [0, 0.05) is 0 Å². The molecule has 1 saturated heterocycles. The van der Waals surface area contributed by atoms with Crippen LogP contribution in [0.2, 0.25) is 0 Å². The highest BCUT2D eigenvalue weighted by Crippen LogP contribution is 2.65. The van der Waals surface area contributed by atoms with Crippen molar-refractivity contribution in [3.63, 3.8) is 0 Å². The summed E-state index contributed by atoms with van der Waals surface area (Å²) in [4.78, 5) is 0. The van der Waals surface area contributed by atoms with Gasteiger partial charge in [0.1, 0.15) is 5.60 Å². The van der Waals surface area contributed by atoms with Gasteiger partial charge in [-0.25, -0.2) is 0 Å². The molecule has 0 unspecified atom stereocenters. The molecule has 3 saturated carbocycles. The number of hydrogen-bond acceptors (Lipinski definition) is 3. The fourth-order valence-electron chi connectivity index (χ4n) is 7.10. The van der Waals surface area contributed by atoms with Crippen LogP contribution >= 0.6 is 11.6 Å². The van der Waals surface area contributed by atoms with E-state index in [-0.39, 0.29) is 18.3 Å². The summed E-state index contributed by atoms with van der Waals surface area (Å²) >= 11 is 7.04. The van der Waals surface area contributed by atoms with Gasteiger partial charge in [0.2, 0.25) is 0 Å². The largest absolute Gasteiger partial charge is 0.479 e. The lowest BCUT2D eigenvalue weighted by Crippen LogP contribution is -2.65. The zero-order chi connectivity index (χ0) is 25.0. The first-order valence-corrected chi connectivity index (χ1v) is 13.6. The molecule has 5 atom stereocenters. The molecular weight excluding hydrogens is 467 g/mol. The number of rotatable bonds is 7. The van der Waals surface area contributed by atoms with Gasteiger partial charge >= 0.3 is 7.12 Å². The normalized spacial score (nSPS) is 29.3. The number of benzene rings is 3. The van der Waals surface area contributed by atoms with Crippen LogP contribution in [0.5, 0.6) is 0 Å². The van der Waals surface area contributed by atoms with Crippen LogP contribution in [0.4, 0.5) is 0 Å². The SMILES string of the molecule is CC1(C)[C@@H]2C[C@H]3OB([C@H](Cl)COC(c4ccccc4)(c4ccccc4)c4ccccc4)O[C@@]3(C)[C@H]1C2. The Kier molecular flexibility index (Phi) is 6.08. The van der Waals surface area contributed by atoms with Gasteiger partial charge in [-0.15, -0.1) is 11.6 Å². The Morgan fingerprint density at radius 1 is 0.861 bits per heavy atom. The lowest BCUT2D eigenvalue weighted by Gasteiger charge is -2.64. The molecule has 0 radical (unpaired) electrons. The second kappa shape index (κ2) is 9.02. The average molecular weight is 501 g/mol. The van der Waals surface area contributed by atoms with E-state index in [9.17, 15) is 0 Å². The summed E-state index contributed by atoms with van der Waals surface area (Å²) < 4.78 is 20.1. The van der Waals surface area contributed by atoms with Crippen LogP contribution in [0.15, 0.2) is 91.0 Å². The van der Waals surface area contributed by atoms with E-state index in [4.69, 9.17) is 25.6 Å². The van der Waals surface area contributed by atoms with Crippen LogP contribution in [-0.2, 0) is 19.6 Å². The maximum absolute atomic E-state index is 7.04. The molecule has 7 rings (SSSR count). The third kappa shape index (κ3) is 3.68. The summed E-state index contributed by atoms with van der Waals surface area (Å²) in [5.74, 6) is 1.20. The van der Waals surface area contributed by atoms with Crippen molar-refractivity contribution in [2.75, 3.05) is 6.61 Å². The molecule has 0 aromatic heterocycles. The lowest BCUT2D eigenvalue weighted by atomic mass is 9.43. The molecule has 0 N–H and O–H groups in total. The molecule has 0 amide bonds. The second-order valence-electron chi connectivity index (χ2n) is 11.4. The Morgan fingerprint density at radius 2 is 1.36 bits per heavy atom. The van der Waals surface area contributed by atoms with Crippen LogP contribution in [0, 0.1) is 17.3 Å². The summed E-state index contributed by atoms with van der Waals surface area (Å²) in [6.45, 7) is 7.26. The minimum absolute atomic E-state index is 0.0997. The number of ether oxygens (including phenoxy) is 1. The Bertz CT molecular complexity index is 1090. The van der Waals surface area contributed by atoms with E-state index in [1.807, 2.05) is 18.2 Å². The average Bonchev–Trinajstić information content (AvgIpc) is 3.28. The Balaban J connectivity index is 1.31. The van der Waals surface area contributed by atoms with Gasteiger partial charge in [-0.1, -0.05) is 105 Å². The molecule has 36 heavy (non-hydrogen) atoms. The first-order chi connectivity index (χ1) is 17.4. The van der Waals surface area contributed by atoms with E-state index in [2.05, 4.69) is 93.6 Å². The van der Waals surface area contributed by atoms with Gasteiger partial charge in [-0.2, -0.15) is 0 Å². The number of hydrogen-bond donors (Lipinski definition) is 0. The fraction of sp³-hybridized carbons (Fsp3) is 0.419. The van der Waals surface area contributed by atoms with E-state index in [1.165, 1.54) is 6.42 Å². The highest BCUT2D eigenvalue weighted by molar-refractivity contribution is 6.60.